The van der Waals surface area contributed by atoms with E-state index in [2.05, 4.69) is 59.7 Å². The first-order valence-electron chi connectivity index (χ1n) is 6.51. The van der Waals surface area contributed by atoms with Gasteiger partial charge in [0.05, 0.1) is 0 Å². The Labute approximate surface area is 103 Å². The highest BCUT2D eigenvalue weighted by Gasteiger charge is 1.89. The van der Waals surface area contributed by atoms with Gasteiger partial charge in [0.25, 0.3) is 0 Å². The second-order valence-corrected chi connectivity index (χ2v) is 4.39. The van der Waals surface area contributed by atoms with E-state index in [1.54, 1.807) is 0 Å². The molecule has 0 spiro atoms. The molecular formula is C16H30. The Hall–Kier alpha value is -0.780. The van der Waals surface area contributed by atoms with Crippen LogP contribution in [0.5, 0.6) is 0 Å². The molecule has 0 heteroatoms. The fourth-order valence-electron chi connectivity index (χ4n) is 0.891. The molecule has 0 amide bonds. The second kappa shape index (κ2) is 10.7. The predicted molar refractivity (Wildman–Crippen MR) is 77.1 cm³/mol. The van der Waals surface area contributed by atoms with Gasteiger partial charge in [-0.3, -0.25) is 0 Å². The molecule has 0 N–H and O–H groups in total. The van der Waals surface area contributed by atoms with E-state index in [0.717, 1.165) is 5.92 Å². The molecule has 0 aromatic heterocycles. The van der Waals surface area contributed by atoms with Gasteiger partial charge >= 0.3 is 0 Å². The molecule has 94 valence electrons. The topological polar surface area (TPSA) is 0 Å². The molecule has 16 heavy (non-hydrogen) atoms. The van der Waals surface area contributed by atoms with Gasteiger partial charge in [-0.15, -0.1) is 0 Å². The van der Waals surface area contributed by atoms with Gasteiger partial charge < -0.3 is 0 Å². The molecule has 0 aliphatic carbocycles. The molecule has 0 saturated heterocycles. The number of aryl methyl sites for hydroxylation is 3. The molecule has 0 bridgehead atoms. The molecule has 1 rings (SSSR count). The van der Waals surface area contributed by atoms with Crippen molar-refractivity contribution >= 4 is 0 Å². The molecule has 1 aromatic carbocycles. The van der Waals surface area contributed by atoms with Crippen molar-refractivity contribution < 1.29 is 0 Å². The van der Waals surface area contributed by atoms with Crippen LogP contribution in [-0.4, -0.2) is 0 Å². The Balaban J connectivity index is 0. The highest BCUT2D eigenvalue weighted by atomic mass is 13.9. The molecule has 0 nitrogen and oxygen atoms in total. The van der Waals surface area contributed by atoms with Gasteiger partial charge in [-0.05, 0) is 37.8 Å². The van der Waals surface area contributed by atoms with Crippen molar-refractivity contribution in [2.45, 2.75) is 61.8 Å². The smallest absolute Gasteiger partial charge is 0.0395 e. The lowest BCUT2D eigenvalue weighted by Gasteiger charge is -1.98. The van der Waals surface area contributed by atoms with E-state index in [0.29, 0.717) is 0 Å². The summed E-state index contributed by atoms with van der Waals surface area (Å²) >= 11 is 0. The van der Waals surface area contributed by atoms with Crippen LogP contribution in [0, 0.1) is 26.7 Å². The molecule has 1 aromatic rings. The Morgan fingerprint density at radius 1 is 0.938 bits per heavy atom. The third-order valence-corrected chi connectivity index (χ3v) is 2.48. The standard InChI is InChI=1S/C9H12.C5H12.C2H6/c1-7-4-5-8(2)9(3)6-7;1-4-5(2)3;1-2/h4-6H,1-3H3;5H,4H2,1-3H3;1-2H3. The average molecular weight is 222 g/mol. The summed E-state index contributed by atoms with van der Waals surface area (Å²) in [5.41, 5.74) is 4.11. The summed E-state index contributed by atoms with van der Waals surface area (Å²) in [7, 11) is 0. The minimum Gasteiger partial charge on any atom is -0.0683 e. The fourth-order valence-corrected chi connectivity index (χ4v) is 0.891. The zero-order valence-electron chi connectivity index (χ0n) is 12.5. The maximum absolute atomic E-state index is 2.22. The average Bonchev–Trinajstić information content (AvgIpc) is 2.27. The van der Waals surface area contributed by atoms with Gasteiger partial charge in [0.15, 0.2) is 0 Å². The zero-order chi connectivity index (χ0) is 13.1. The number of hydrogen-bond donors (Lipinski definition) is 0. The van der Waals surface area contributed by atoms with Gasteiger partial charge in [-0.25, -0.2) is 0 Å². The molecule has 0 aliphatic heterocycles. The third-order valence-electron chi connectivity index (χ3n) is 2.48. The minimum atomic E-state index is 0.884. The first-order valence-corrected chi connectivity index (χ1v) is 6.51. The zero-order valence-corrected chi connectivity index (χ0v) is 12.5. The summed E-state index contributed by atoms with van der Waals surface area (Å²) in [6.45, 7) is 17.0. The Morgan fingerprint density at radius 3 is 1.62 bits per heavy atom. The Morgan fingerprint density at radius 2 is 1.38 bits per heavy atom. The molecule has 0 radical (unpaired) electrons. The van der Waals surface area contributed by atoms with Crippen molar-refractivity contribution in [3.63, 3.8) is 0 Å². The summed E-state index contributed by atoms with van der Waals surface area (Å²) < 4.78 is 0. The summed E-state index contributed by atoms with van der Waals surface area (Å²) in [4.78, 5) is 0. The van der Waals surface area contributed by atoms with Gasteiger partial charge in [-0.1, -0.05) is 64.8 Å². The monoisotopic (exact) mass is 222 g/mol. The predicted octanol–water partition coefficient (Wildman–Crippen LogP) is 5.69. The highest BCUT2D eigenvalue weighted by molar-refractivity contribution is 5.28. The van der Waals surface area contributed by atoms with Crippen LogP contribution >= 0.6 is 0 Å². The quantitative estimate of drug-likeness (QED) is 0.572. The van der Waals surface area contributed by atoms with Crippen molar-refractivity contribution in [2.24, 2.45) is 5.92 Å². The summed E-state index contributed by atoms with van der Waals surface area (Å²) in [5, 5.41) is 0. The van der Waals surface area contributed by atoms with Crippen LogP contribution in [0.15, 0.2) is 18.2 Å². The van der Waals surface area contributed by atoms with Crippen molar-refractivity contribution in [1.82, 2.24) is 0 Å². The Bertz CT molecular complexity index is 259. The highest BCUT2D eigenvalue weighted by Crippen LogP contribution is 2.07. The molecular weight excluding hydrogens is 192 g/mol. The van der Waals surface area contributed by atoms with E-state index >= 15 is 0 Å². The van der Waals surface area contributed by atoms with Crippen LogP contribution in [0.2, 0.25) is 0 Å². The maximum Gasteiger partial charge on any atom is -0.0395 e. The van der Waals surface area contributed by atoms with Crippen molar-refractivity contribution in [1.29, 1.82) is 0 Å². The molecule has 0 heterocycles. The lowest BCUT2D eigenvalue weighted by atomic mass is 10.1. The second-order valence-electron chi connectivity index (χ2n) is 4.39. The molecule has 0 aliphatic rings. The lowest BCUT2D eigenvalue weighted by Crippen LogP contribution is -1.79. The molecule has 0 unspecified atom stereocenters. The number of benzene rings is 1. The summed E-state index contributed by atoms with van der Waals surface area (Å²) in [5.74, 6) is 0.884. The van der Waals surface area contributed by atoms with Crippen LogP contribution in [0.4, 0.5) is 0 Å². The third kappa shape index (κ3) is 9.76. The number of hydrogen-bond acceptors (Lipinski definition) is 0. The van der Waals surface area contributed by atoms with Gasteiger partial charge in [0.1, 0.15) is 0 Å². The van der Waals surface area contributed by atoms with Gasteiger partial charge in [0, 0.05) is 0 Å². The first kappa shape index (κ1) is 17.6. The van der Waals surface area contributed by atoms with E-state index < -0.39 is 0 Å². The van der Waals surface area contributed by atoms with Crippen molar-refractivity contribution in [3.05, 3.63) is 34.9 Å². The minimum absolute atomic E-state index is 0.884. The molecule has 0 atom stereocenters. The van der Waals surface area contributed by atoms with E-state index in [9.17, 15) is 0 Å². The van der Waals surface area contributed by atoms with E-state index in [-0.39, 0.29) is 0 Å². The molecule has 0 saturated carbocycles. The maximum atomic E-state index is 2.22. The SMILES string of the molecule is CC.CCC(C)C.Cc1ccc(C)c(C)c1. The summed E-state index contributed by atoms with van der Waals surface area (Å²) in [6, 6.07) is 6.50. The lowest BCUT2D eigenvalue weighted by molar-refractivity contribution is 0.626. The van der Waals surface area contributed by atoms with Crippen LogP contribution in [-0.2, 0) is 0 Å². The largest absolute Gasteiger partial charge is 0.0683 e. The summed E-state index contributed by atoms with van der Waals surface area (Å²) in [6.07, 6.45) is 1.31. The van der Waals surface area contributed by atoms with E-state index in [4.69, 9.17) is 0 Å². The fraction of sp³-hybridized carbons (Fsp3) is 0.625. The molecule has 0 fully saturated rings. The first-order chi connectivity index (χ1) is 7.47. The van der Waals surface area contributed by atoms with Gasteiger partial charge in [-0.2, -0.15) is 0 Å². The van der Waals surface area contributed by atoms with Crippen LogP contribution in [0.1, 0.15) is 57.7 Å². The van der Waals surface area contributed by atoms with Crippen molar-refractivity contribution in [2.75, 3.05) is 0 Å². The van der Waals surface area contributed by atoms with E-state index in [1.807, 2.05) is 13.8 Å². The normalized spacial score (nSPS) is 8.81. The van der Waals surface area contributed by atoms with Crippen LogP contribution in [0.3, 0.4) is 0 Å². The van der Waals surface area contributed by atoms with Crippen molar-refractivity contribution in [3.8, 4) is 0 Å². The van der Waals surface area contributed by atoms with E-state index in [1.165, 1.54) is 23.1 Å². The number of rotatable bonds is 1. The van der Waals surface area contributed by atoms with Crippen LogP contribution < -0.4 is 0 Å². The Kier molecular flexibility index (Phi) is 11.8. The van der Waals surface area contributed by atoms with Crippen LogP contribution in [0.25, 0.3) is 0 Å². The van der Waals surface area contributed by atoms with Gasteiger partial charge in [0.2, 0.25) is 0 Å².